The third kappa shape index (κ3) is 11.9. The molecule has 0 bridgehead atoms. The van der Waals surface area contributed by atoms with E-state index >= 15 is 0 Å². The average Bonchev–Trinajstić information content (AvgIpc) is 3.20. The zero-order valence-corrected chi connectivity index (χ0v) is 34.4. The van der Waals surface area contributed by atoms with Crippen LogP contribution in [-0.2, 0) is 23.7 Å². The van der Waals surface area contributed by atoms with Crippen LogP contribution < -0.4 is 30.2 Å². The van der Waals surface area contributed by atoms with Crippen molar-refractivity contribution in [1.82, 2.24) is 20.2 Å². The zero-order valence-electron chi connectivity index (χ0n) is 34.4. The van der Waals surface area contributed by atoms with Gasteiger partial charge < -0.3 is 54.0 Å². The highest BCUT2D eigenvalue weighted by Gasteiger charge is 2.35. The Morgan fingerprint density at radius 1 is 0.845 bits per heavy atom. The summed E-state index contributed by atoms with van der Waals surface area (Å²) in [6.45, 7) is 8.90. The van der Waals surface area contributed by atoms with Gasteiger partial charge in [0.1, 0.15) is 30.0 Å². The Morgan fingerprint density at radius 3 is 2.24 bits per heavy atom. The maximum absolute atomic E-state index is 13.6. The van der Waals surface area contributed by atoms with E-state index in [0.717, 1.165) is 16.3 Å². The second-order valence-corrected chi connectivity index (χ2v) is 14.5. The van der Waals surface area contributed by atoms with Crippen molar-refractivity contribution in [2.45, 2.75) is 32.9 Å². The molecule has 2 atom stereocenters. The van der Waals surface area contributed by atoms with Gasteiger partial charge in [-0.25, -0.2) is 9.78 Å². The van der Waals surface area contributed by atoms with Crippen LogP contribution in [-0.4, -0.2) is 114 Å². The number of carbonyl (C=O) groups is 2. The first-order valence-corrected chi connectivity index (χ1v) is 18.9. The molecule has 3 N–H and O–H groups in total. The molecule has 0 spiro atoms. The second kappa shape index (κ2) is 20.6. The van der Waals surface area contributed by atoms with Crippen molar-refractivity contribution in [3.05, 3.63) is 90.2 Å². The average molecular weight is 799 g/mol. The van der Waals surface area contributed by atoms with Gasteiger partial charge in [0.05, 0.1) is 51.9 Å². The highest BCUT2D eigenvalue weighted by molar-refractivity contribution is 6.04. The van der Waals surface area contributed by atoms with Gasteiger partial charge >= 0.3 is 6.03 Å². The van der Waals surface area contributed by atoms with Gasteiger partial charge in [-0.1, -0.05) is 51.1 Å². The van der Waals surface area contributed by atoms with E-state index in [1.807, 2.05) is 42.5 Å². The van der Waals surface area contributed by atoms with Crippen molar-refractivity contribution in [3.63, 3.8) is 0 Å². The monoisotopic (exact) mass is 798 g/mol. The normalized spacial score (nSPS) is 15.2. The summed E-state index contributed by atoms with van der Waals surface area (Å²) in [5, 5.41) is 10.7. The summed E-state index contributed by atoms with van der Waals surface area (Å²) in [6.07, 6.45) is 4.72. The van der Waals surface area contributed by atoms with E-state index in [0.29, 0.717) is 85.7 Å². The summed E-state index contributed by atoms with van der Waals surface area (Å²) in [5.41, 5.74) is 2.32. The first-order chi connectivity index (χ1) is 27.9. The molecule has 1 aliphatic rings. The number of nitrogens with one attached hydrogen (secondary N) is 3. The van der Waals surface area contributed by atoms with Crippen LogP contribution in [0.15, 0.2) is 90.2 Å². The predicted molar refractivity (Wildman–Crippen MR) is 222 cm³/mol. The van der Waals surface area contributed by atoms with Crippen LogP contribution in [0.5, 0.6) is 23.1 Å². The Bertz CT molecular complexity index is 2080. The van der Waals surface area contributed by atoms with Crippen molar-refractivity contribution in [2.24, 2.45) is 5.41 Å². The molecule has 1 aliphatic carbocycles. The molecule has 3 amide bonds. The third-order valence-electron chi connectivity index (χ3n) is 9.02. The molecular weight excluding hydrogens is 745 g/mol. The van der Waals surface area contributed by atoms with Crippen molar-refractivity contribution >= 4 is 40.0 Å². The number of ether oxygens (including phenoxy) is 7. The van der Waals surface area contributed by atoms with Gasteiger partial charge in [-0.2, -0.15) is 4.98 Å². The van der Waals surface area contributed by atoms with Crippen LogP contribution >= 0.6 is 0 Å². The van der Waals surface area contributed by atoms with Gasteiger partial charge in [-0.3, -0.25) is 4.79 Å². The molecule has 15 nitrogen and oxygen atoms in total. The highest BCUT2D eigenvalue weighted by Crippen LogP contribution is 2.36. The molecule has 0 saturated heterocycles. The van der Waals surface area contributed by atoms with Crippen molar-refractivity contribution in [2.75, 3.05) is 85.7 Å². The molecule has 1 heterocycles. The summed E-state index contributed by atoms with van der Waals surface area (Å²) in [7, 11) is 8.12. The Labute approximate surface area is 339 Å². The number of rotatable bonds is 19. The number of fused-ring (bicyclic) bond motifs is 1. The molecule has 0 fully saturated rings. The fourth-order valence-electron chi connectivity index (χ4n) is 6.08. The summed E-state index contributed by atoms with van der Waals surface area (Å²) in [5.74, 6) is 2.08. The van der Waals surface area contributed by atoms with Crippen LogP contribution in [0.2, 0.25) is 0 Å². The summed E-state index contributed by atoms with van der Waals surface area (Å²) >= 11 is 0. The molecular formula is C43H54N6O9. The number of aromatic nitrogens is 2. The quantitative estimate of drug-likeness (QED) is 0.0858. The number of benzene rings is 3. The van der Waals surface area contributed by atoms with Gasteiger partial charge in [0, 0.05) is 80.8 Å². The van der Waals surface area contributed by atoms with Crippen molar-refractivity contribution < 1.29 is 42.7 Å². The largest absolute Gasteiger partial charge is 0.497 e. The molecule has 1 aromatic heterocycles. The van der Waals surface area contributed by atoms with Crippen molar-refractivity contribution in [1.29, 1.82) is 0 Å². The van der Waals surface area contributed by atoms with Crippen LogP contribution in [0.4, 0.5) is 22.1 Å². The number of anilines is 3. The number of amides is 3. The Morgan fingerprint density at radius 2 is 1.55 bits per heavy atom. The molecule has 5 rings (SSSR count). The van der Waals surface area contributed by atoms with Gasteiger partial charge in [0.25, 0.3) is 5.91 Å². The first kappa shape index (κ1) is 43.4. The molecule has 4 aromatic rings. The Balaban J connectivity index is 1.26. The van der Waals surface area contributed by atoms with Gasteiger partial charge in [-0.05, 0) is 29.2 Å². The molecule has 0 saturated carbocycles. The number of hydrogen-bond donors (Lipinski definition) is 3. The fraction of sp³-hybridized carbons (Fsp3) is 0.395. The topological polar surface area (TPSA) is 164 Å². The molecule has 3 aromatic carbocycles. The molecule has 0 radical (unpaired) electrons. The lowest BCUT2D eigenvalue weighted by atomic mass is 9.79. The molecule has 0 aliphatic heterocycles. The minimum Gasteiger partial charge on any atom is -0.497 e. The smallest absolute Gasteiger partial charge is 0.319 e. The van der Waals surface area contributed by atoms with Crippen LogP contribution in [0.1, 0.15) is 20.8 Å². The number of likely N-dealkylation sites (N-methyl/N-ethyl adjacent to an activating group) is 1. The summed E-state index contributed by atoms with van der Waals surface area (Å²) < 4.78 is 39.4. The molecule has 2 unspecified atom stereocenters. The molecule has 15 heteroatoms. The minimum absolute atomic E-state index is 0.184. The first-order valence-electron chi connectivity index (χ1n) is 18.9. The van der Waals surface area contributed by atoms with E-state index in [2.05, 4.69) is 46.7 Å². The van der Waals surface area contributed by atoms with E-state index in [9.17, 15) is 9.59 Å². The maximum atomic E-state index is 13.6. The van der Waals surface area contributed by atoms with E-state index in [-0.39, 0.29) is 11.3 Å². The lowest BCUT2D eigenvalue weighted by molar-refractivity contribution is -0.126. The minimum atomic E-state index is -0.682. The van der Waals surface area contributed by atoms with E-state index in [1.165, 1.54) is 12.0 Å². The zero-order chi connectivity index (χ0) is 41.7. The number of urea groups is 1. The third-order valence-corrected chi connectivity index (χ3v) is 9.02. The van der Waals surface area contributed by atoms with E-state index in [1.54, 1.807) is 64.8 Å². The number of allylic oxidation sites excluding steroid dienone is 2. The Kier molecular flexibility index (Phi) is 15.4. The SMILES string of the molecule is COCCOCCOCCOc1cc(Nc2nccc(Oc3ccc(NC(=O)NC4C=C(C(C)(C)C)C=C(C(=O)N(C)C)C4OC)c4ccccc34)n2)cc(OC)c1. The van der Waals surface area contributed by atoms with Gasteiger partial charge in [0.2, 0.25) is 11.8 Å². The lowest BCUT2D eigenvalue weighted by Gasteiger charge is -2.34. The van der Waals surface area contributed by atoms with E-state index < -0.39 is 18.2 Å². The van der Waals surface area contributed by atoms with E-state index in [4.69, 9.17) is 33.2 Å². The standard InChI is InChI=1S/C43H54N6O9/c1-43(2,3)28-23-34(40(50)49(4)5)39(54-8)36(24-28)47-42(51)46-35-13-14-37(33-12-10-9-11-32(33)35)58-38-15-16-44-41(48-38)45-29-25-30(53-7)27-31(26-29)57-22-21-56-20-19-55-18-17-52-6/h9-16,23-27,36,39H,17-22H2,1-8H3,(H,44,45,48)(H2,46,47,51). The molecule has 58 heavy (non-hydrogen) atoms. The fourth-order valence-corrected chi connectivity index (χ4v) is 6.08. The molecule has 310 valence electrons. The highest BCUT2D eigenvalue weighted by atomic mass is 16.6. The second-order valence-electron chi connectivity index (χ2n) is 14.5. The van der Waals surface area contributed by atoms with Crippen molar-refractivity contribution in [3.8, 4) is 23.1 Å². The Hall–Kier alpha value is -5.74. The lowest BCUT2D eigenvalue weighted by Crippen LogP contribution is -2.49. The van der Waals surface area contributed by atoms with Gasteiger partial charge in [-0.15, -0.1) is 0 Å². The van der Waals surface area contributed by atoms with Crippen LogP contribution in [0.25, 0.3) is 10.8 Å². The summed E-state index contributed by atoms with van der Waals surface area (Å²) in [4.78, 5) is 37.2. The number of nitrogens with zero attached hydrogens (tertiary/aromatic N) is 3. The summed E-state index contributed by atoms with van der Waals surface area (Å²) in [6, 6.07) is 17.1. The number of carbonyl (C=O) groups excluding carboxylic acids is 2. The van der Waals surface area contributed by atoms with Crippen LogP contribution in [0, 0.1) is 5.41 Å². The maximum Gasteiger partial charge on any atom is 0.319 e. The van der Waals surface area contributed by atoms with Gasteiger partial charge in [0.15, 0.2) is 0 Å². The number of methoxy groups -OCH3 is 3. The number of hydrogen-bond acceptors (Lipinski definition) is 12. The van der Waals surface area contributed by atoms with Crippen LogP contribution in [0.3, 0.4) is 0 Å². The predicted octanol–water partition coefficient (Wildman–Crippen LogP) is 6.74.